The number of carbonyl (C=O) groups is 3. The van der Waals surface area contributed by atoms with E-state index in [0.29, 0.717) is 42.7 Å². The number of rotatable bonds is 3. The summed E-state index contributed by atoms with van der Waals surface area (Å²) in [7, 11) is 0. The summed E-state index contributed by atoms with van der Waals surface area (Å²) < 4.78 is 4.94. The first-order valence-electron chi connectivity index (χ1n) is 8.34. The van der Waals surface area contributed by atoms with Crippen LogP contribution in [0.2, 0.25) is 10.0 Å². The fourth-order valence-corrected chi connectivity index (χ4v) is 3.35. The van der Waals surface area contributed by atoms with E-state index in [1.54, 1.807) is 29.2 Å². The molecule has 1 aromatic rings. The zero-order valence-electron chi connectivity index (χ0n) is 14.0. The first-order valence-corrected chi connectivity index (χ1v) is 9.09. The van der Waals surface area contributed by atoms with Crippen molar-refractivity contribution in [3.63, 3.8) is 0 Å². The predicted molar refractivity (Wildman–Crippen MR) is 97.8 cm³/mol. The molecule has 138 valence electrons. The van der Waals surface area contributed by atoms with Gasteiger partial charge in [0.25, 0.3) is 0 Å². The van der Waals surface area contributed by atoms with Crippen molar-refractivity contribution in [2.45, 2.75) is 18.9 Å². The van der Waals surface area contributed by atoms with Gasteiger partial charge in [-0.2, -0.15) is 0 Å². The van der Waals surface area contributed by atoms with Crippen LogP contribution in [0.5, 0.6) is 0 Å². The smallest absolute Gasteiger partial charge is 0.328 e. The van der Waals surface area contributed by atoms with Crippen LogP contribution >= 0.6 is 23.2 Å². The molecule has 1 atom stereocenters. The lowest BCUT2D eigenvalue weighted by Crippen LogP contribution is -2.44. The summed E-state index contributed by atoms with van der Waals surface area (Å²) in [4.78, 5) is 39.6. The van der Waals surface area contributed by atoms with E-state index in [0.717, 1.165) is 5.56 Å². The summed E-state index contributed by atoms with van der Waals surface area (Å²) in [6.45, 7) is 1.36. The molecule has 3 rings (SSSR count). The van der Waals surface area contributed by atoms with Gasteiger partial charge in [0, 0.05) is 38.6 Å². The minimum Gasteiger partial charge on any atom is -0.464 e. The van der Waals surface area contributed by atoms with Crippen LogP contribution in [0, 0.1) is 0 Å². The van der Waals surface area contributed by atoms with Crippen LogP contribution in [0.3, 0.4) is 0 Å². The van der Waals surface area contributed by atoms with Crippen LogP contribution in [-0.2, 0) is 19.1 Å². The van der Waals surface area contributed by atoms with Gasteiger partial charge in [0.05, 0.1) is 16.7 Å². The van der Waals surface area contributed by atoms with Crippen LogP contribution in [-0.4, -0.2) is 59.9 Å². The van der Waals surface area contributed by atoms with Crippen molar-refractivity contribution in [1.29, 1.82) is 0 Å². The highest BCUT2D eigenvalue weighted by Crippen LogP contribution is 2.23. The first-order chi connectivity index (χ1) is 12.5. The first kappa shape index (κ1) is 18.7. The molecule has 6 nitrogen and oxygen atoms in total. The molecule has 2 aliphatic heterocycles. The summed E-state index contributed by atoms with van der Waals surface area (Å²) in [6, 6.07) is 4.58. The Hall–Kier alpha value is -2.05. The molecule has 26 heavy (non-hydrogen) atoms. The maximum atomic E-state index is 12.4. The SMILES string of the molecule is O=C1OCCC1N1CCN(C(=O)C=Cc2ccc(Cl)c(Cl)c2)CCC1=O. The number of cyclic esters (lactones) is 1. The Morgan fingerprint density at radius 1 is 1.15 bits per heavy atom. The molecule has 1 unspecified atom stereocenters. The van der Waals surface area contributed by atoms with E-state index in [-0.39, 0.29) is 24.2 Å². The fraction of sp³-hybridized carbons (Fsp3) is 0.389. The number of hydrogen-bond donors (Lipinski definition) is 0. The second-order valence-corrected chi connectivity index (χ2v) is 6.96. The van der Waals surface area contributed by atoms with Crippen molar-refractivity contribution in [3.8, 4) is 0 Å². The van der Waals surface area contributed by atoms with E-state index in [4.69, 9.17) is 27.9 Å². The van der Waals surface area contributed by atoms with Crippen LogP contribution in [0.15, 0.2) is 24.3 Å². The van der Waals surface area contributed by atoms with Gasteiger partial charge in [-0.05, 0) is 23.8 Å². The van der Waals surface area contributed by atoms with Crippen molar-refractivity contribution in [1.82, 2.24) is 9.80 Å². The summed E-state index contributed by atoms with van der Waals surface area (Å²) in [5.74, 6) is -0.685. The Morgan fingerprint density at radius 2 is 1.96 bits per heavy atom. The van der Waals surface area contributed by atoms with E-state index in [9.17, 15) is 14.4 Å². The lowest BCUT2D eigenvalue weighted by molar-refractivity contribution is -0.147. The van der Waals surface area contributed by atoms with Gasteiger partial charge in [-0.3, -0.25) is 9.59 Å². The number of esters is 1. The fourth-order valence-electron chi connectivity index (χ4n) is 3.05. The summed E-state index contributed by atoms with van der Waals surface area (Å²) in [6.07, 6.45) is 3.80. The third-order valence-corrected chi connectivity index (χ3v) is 5.22. The lowest BCUT2D eigenvalue weighted by atomic mass is 10.2. The predicted octanol–water partition coefficient (Wildman–Crippen LogP) is 2.38. The second-order valence-electron chi connectivity index (χ2n) is 6.14. The van der Waals surface area contributed by atoms with E-state index < -0.39 is 6.04 Å². The minimum absolute atomic E-state index is 0.127. The van der Waals surface area contributed by atoms with Gasteiger partial charge >= 0.3 is 5.97 Å². The van der Waals surface area contributed by atoms with E-state index in [1.165, 1.54) is 11.0 Å². The molecule has 0 N–H and O–H groups in total. The Balaban J connectivity index is 1.63. The molecule has 8 heteroatoms. The van der Waals surface area contributed by atoms with Crippen molar-refractivity contribution in [2.24, 2.45) is 0 Å². The van der Waals surface area contributed by atoms with Crippen molar-refractivity contribution < 1.29 is 19.1 Å². The second kappa shape index (κ2) is 8.10. The van der Waals surface area contributed by atoms with Gasteiger partial charge in [-0.25, -0.2) is 4.79 Å². The standard InChI is InChI=1S/C18H18Cl2N2O4/c19-13-3-1-12(11-14(13)20)2-4-16(23)21-7-5-17(24)22(9-8-21)15-6-10-26-18(15)25/h1-4,11,15H,5-10H2. The minimum atomic E-state index is -0.524. The van der Waals surface area contributed by atoms with Gasteiger partial charge in [-0.1, -0.05) is 29.3 Å². The molecule has 2 saturated heterocycles. The van der Waals surface area contributed by atoms with Crippen LogP contribution in [0.25, 0.3) is 6.08 Å². The Labute approximate surface area is 161 Å². The molecule has 0 radical (unpaired) electrons. The van der Waals surface area contributed by atoms with Gasteiger partial charge < -0.3 is 14.5 Å². The van der Waals surface area contributed by atoms with Crippen LogP contribution in [0.1, 0.15) is 18.4 Å². The number of hydrogen-bond acceptors (Lipinski definition) is 4. The molecular weight excluding hydrogens is 379 g/mol. The maximum Gasteiger partial charge on any atom is 0.328 e. The average Bonchev–Trinajstić information content (AvgIpc) is 2.94. The number of carbonyl (C=O) groups excluding carboxylic acids is 3. The van der Waals surface area contributed by atoms with E-state index >= 15 is 0 Å². The lowest BCUT2D eigenvalue weighted by Gasteiger charge is -2.24. The highest BCUT2D eigenvalue weighted by Gasteiger charge is 2.36. The number of ether oxygens (including phenoxy) is 1. The van der Waals surface area contributed by atoms with Gasteiger partial charge in [0.1, 0.15) is 6.04 Å². The molecule has 0 spiro atoms. The maximum absolute atomic E-state index is 12.4. The molecule has 1 aromatic carbocycles. The number of nitrogens with zero attached hydrogens (tertiary/aromatic N) is 2. The molecule has 2 heterocycles. The van der Waals surface area contributed by atoms with Crippen LogP contribution < -0.4 is 0 Å². The van der Waals surface area contributed by atoms with Gasteiger partial charge in [0.2, 0.25) is 11.8 Å². The normalized spacial score (nSPS) is 21.2. The highest BCUT2D eigenvalue weighted by atomic mass is 35.5. The van der Waals surface area contributed by atoms with Crippen molar-refractivity contribution in [3.05, 3.63) is 39.9 Å². The monoisotopic (exact) mass is 396 g/mol. The number of amides is 2. The Kier molecular flexibility index (Phi) is 5.84. The van der Waals surface area contributed by atoms with Crippen molar-refractivity contribution in [2.75, 3.05) is 26.2 Å². The third-order valence-electron chi connectivity index (χ3n) is 4.48. The van der Waals surface area contributed by atoms with Crippen molar-refractivity contribution >= 4 is 47.1 Å². The number of halogens is 2. The van der Waals surface area contributed by atoms with Gasteiger partial charge in [0.15, 0.2) is 0 Å². The summed E-state index contributed by atoms with van der Waals surface area (Å²) in [5.41, 5.74) is 0.758. The molecule has 0 bridgehead atoms. The zero-order chi connectivity index (χ0) is 18.7. The molecule has 2 aliphatic rings. The molecule has 2 amide bonds. The van der Waals surface area contributed by atoms with Crippen LogP contribution in [0.4, 0.5) is 0 Å². The summed E-state index contributed by atoms with van der Waals surface area (Å²) in [5, 5.41) is 0.868. The molecule has 2 fully saturated rings. The highest BCUT2D eigenvalue weighted by molar-refractivity contribution is 6.42. The third kappa shape index (κ3) is 4.19. The zero-order valence-corrected chi connectivity index (χ0v) is 15.5. The molecule has 0 aliphatic carbocycles. The summed E-state index contributed by atoms with van der Waals surface area (Å²) >= 11 is 11.8. The molecular formula is C18H18Cl2N2O4. The Bertz CT molecular complexity index is 766. The average molecular weight is 397 g/mol. The molecule has 0 aromatic heterocycles. The molecule has 0 saturated carbocycles. The number of benzene rings is 1. The quantitative estimate of drug-likeness (QED) is 0.580. The largest absolute Gasteiger partial charge is 0.464 e. The van der Waals surface area contributed by atoms with E-state index in [2.05, 4.69) is 0 Å². The van der Waals surface area contributed by atoms with E-state index in [1.807, 2.05) is 0 Å². The van der Waals surface area contributed by atoms with Gasteiger partial charge in [-0.15, -0.1) is 0 Å². The Morgan fingerprint density at radius 3 is 2.65 bits per heavy atom. The topological polar surface area (TPSA) is 66.9 Å².